The van der Waals surface area contributed by atoms with E-state index in [1.807, 2.05) is 12.1 Å². The number of rotatable bonds is 6. The number of thioether (sulfide) groups is 1. The van der Waals surface area contributed by atoms with Gasteiger partial charge in [0.05, 0.1) is 29.7 Å². The van der Waals surface area contributed by atoms with Gasteiger partial charge in [0, 0.05) is 17.5 Å². The van der Waals surface area contributed by atoms with Gasteiger partial charge >= 0.3 is 5.97 Å². The molecule has 0 aliphatic carbocycles. The van der Waals surface area contributed by atoms with Crippen LogP contribution in [0.4, 0.5) is 5.69 Å². The molecule has 2 aliphatic heterocycles. The van der Waals surface area contributed by atoms with Crippen LogP contribution < -0.4 is 4.90 Å². The van der Waals surface area contributed by atoms with E-state index in [1.54, 1.807) is 30.8 Å². The Morgan fingerprint density at radius 1 is 1.27 bits per heavy atom. The molecule has 26 heavy (non-hydrogen) atoms. The number of benzene rings is 1. The number of aliphatic imine (C=N–C) groups is 1. The van der Waals surface area contributed by atoms with E-state index >= 15 is 0 Å². The number of amidine groups is 1. The Morgan fingerprint density at radius 3 is 2.62 bits per heavy atom. The second-order valence-electron chi connectivity index (χ2n) is 6.48. The first kappa shape index (κ1) is 19.2. The van der Waals surface area contributed by atoms with Crippen LogP contribution in [0, 0.1) is 0 Å². The van der Waals surface area contributed by atoms with Crippen LogP contribution in [0.2, 0.25) is 0 Å². The number of hydrogen-bond acceptors (Lipinski definition) is 7. The van der Waals surface area contributed by atoms with Crippen molar-refractivity contribution in [3.63, 3.8) is 0 Å². The van der Waals surface area contributed by atoms with E-state index in [0.717, 1.165) is 30.2 Å². The standard InChI is InChI=1S/C18H24N2O4S2/c1-3-5-10-20(14-8-6-13(7-9-14)17(21)24-4-2)18-19-15-11-26(22,23)12-16(15)25-18/h6-9,15-16H,3-5,10-12H2,1-2H3/t15-,16+/m1/s1. The predicted molar refractivity (Wildman–Crippen MR) is 106 cm³/mol. The molecule has 8 heteroatoms. The Hall–Kier alpha value is -1.54. The lowest BCUT2D eigenvalue weighted by Crippen LogP contribution is -2.29. The molecule has 0 amide bonds. The fraction of sp³-hybridized carbons (Fsp3) is 0.556. The summed E-state index contributed by atoms with van der Waals surface area (Å²) < 4.78 is 28.6. The van der Waals surface area contributed by atoms with Crippen molar-refractivity contribution < 1.29 is 17.9 Å². The smallest absolute Gasteiger partial charge is 0.338 e. The summed E-state index contributed by atoms with van der Waals surface area (Å²) in [5, 5.41) is 0.908. The van der Waals surface area contributed by atoms with Crippen molar-refractivity contribution in [1.29, 1.82) is 0 Å². The van der Waals surface area contributed by atoms with Gasteiger partial charge in [-0.05, 0) is 37.6 Å². The van der Waals surface area contributed by atoms with Gasteiger partial charge in [-0.15, -0.1) is 0 Å². The summed E-state index contributed by atoms with van der Waals surface area (Å²) in [6, 6.07) is 7.18. The Balaban J connectivity index is 1.80. The highest BCUT2D eigenvalue weighted by molar-refractivity contribution is 8.15. The third kappa shape index (κ3) is 4.23. The number of nitrogens with zero attached hydrogens (tertiary/aromatic N) is 2. The highest BCUT2D eigenvalue weighted by atomic mass is 32.2. The molecular formula is C18H24N2O4S2. The van der Waals surface area contributed by atoms with Gasteiger partial charge in [-0.25, -0.2) is 13.2 Å². The topological polar surface area (TPSA) is 76.0 Å². The quantitative estimate of drug-likeness (QED) is 0.688. The normalized spacial score (nSPS) is 23.4. The number of hydrogen-bond donors (Lipinski definition) is 0. The molecule has 0 bridgehead atoms. The van der Waals surface area contributed by atoms with Crippen molar-refractivity contribution in [1.82, 2.24) is 0 Å². The maximum Gasteiger partial charge on any atom is 0.338 e. The first-order valence-electron chi connectivity index (χ1n) is 8.93. The Bertz CT molecular complexity index is 790. The molecule has 142 valence electrons. The molecule has 0 saturated carbocycles. The minimum atomic E-state index is -2.95. The number of anilines is 1. The number of carbonyl (C=O) groups is 1. The molecule has 3 rings (SSSR count). The second-order valence-corrected chi connectivity index (χ2v) is 9.84. The molecule has 0 unspecified atom stereocenters. The molecule has 6 nitrogen and oxygen atoms in total. The zero-order chi connectivity index (χ0) is 18.7. The van der Waals surface area contributed by atoms with Crippen LogP contribution in [0.1, 0.15) is 37.0 Å². The Morgan fingerprint density at radius 2 is 2.00 bits per heavy atom. The van der Waals surface area contributed by atoms with Gasteiger partial charge in [-0.2, -0.15) is 0 Å². The molecule has 0 aromatic heterocycles. The molecule has 0 radical (unpaired) electrons. The SMILES string of the molecule is CCCCN(C1=N[C@@H]2CS(=O)(=O)C[C@@H]2S1)c1ccc(C(=O)OCC)cc1. The molecule has 1 aromatic rings. The van der Waals surface area contributed by atoms with Crippen LogP contribution >= 0.6 is 11.8 Å². The molecule has 0 spiro atoms. The van der Waals surface area contributed by atoms with E-state index in [1.165, 1.54) is 0 Å². The zero-order valence-corrected chi connectivity index (χ0v) is 16.7. The van der Waals surface area contributed by atoms with E-state index < -0.39 is 9.84 Å². The van der Waals surface area contributed by atoms with Crippen LogP contribution in [0.25, 0.3) is 0 Å². The summed E-state index contributed by atoms with van der Waals surface area (Å²) in [6.07, 6.45) is 2.06. The Kier molecular flexibility index (Phi) is 5.92. The van der Waals surface area contributed by atoms with E-state index in [4.69, 9.17) is 9.73 Å². The van der Waals surface area contributed by atoms with Crippen LogP contribution in [-0.2, 0) is 14.6 Å². The van der Waals surface area contributed by atoms with Gasteiger partial charge in [0.25, 0.3) is 0 Å². The molecule has 1 aromatic carbocycles. The fourth-order valence-corrected chi connectivity index (χ4v) is 6.92. The van der Waals surface area contributed by atoms with Crippen LogP contribution in [0.15, 0.2) is 29.3 Å². The van der Waals surface area contributed by atoms with Crippen molar-refractivity contribution in [3.8, 4) is 0 Å². The van der Waals surface area contributed by atoms with Gasteiger partial charge in [-0.3, -0.25) is 4.99 Å². The van der Waals surface area contributed by atoms with Gasteiger partial charge in [0.2, 0.25) is 0 Å². The number of carbonyl (C=O) groups excluding carboxylic acids is 1. The lowest BCUT2D eigenvalue weighted by Gasteiger charge is -2.24. The number of fused-ring (bicyclic) bond motifs is 1. The average Bonchev–Trinajstić information content (AvgIpc) is 3.09. The van der Waals surface area contributed by atoms with E-state index in [2.05, 4.69) is 11.8 Å². The molecule has 0 N–H and O–H groups in total. The third-order valence-electron chi connectivity index (χ3n) is 4.46. The summed E-state index contributed by atoms with van der Waals surface area (Å²) in [5.41, 5.74) is 1.48. The van der Waals surface area contributed by atoms with Crippen LogP contribution in [-0.4, -0.2) is 55.5 Å². The number of ether oxygens (including phenoxy) is 1. The minimum Gasteiger partial charge on any atom is -0.462 e. The van der Waals surface area contributed by atoms with Crippen molar-refractivity contribution in [2.45, 2.75) is 38.0 Å². The summed E-state index contributed by atoms with van der Waals surface area (Å²) >= 11 is 1.56. The van der Waals surface area contributed by atoms with Crippen LogP contribution in [0.3, 0.4) is 0 Å². The maximum absolute atomic E-state index is 11.8. The highest BCUT2D eigenvalue weighted by Crippen LogP contribution is 2.37. The van der Waals surface area contributed by atoms with Gasteiger partial charge < -0.3 is 9.64 Å². The fourth-order valence-electron chi connectivity index (χ4n) is 3.11. The average molecular weight is 397 g/mol. The molecule has 2 heterocycles. The molecule has 1 fully saturated rings. The van der Waals surface area contributed by atoms with Crippen molar-refractivity contribution in [2.75, 3.05) is 29.6 Å². The minimum absolute atomic E-state index is 0.0259. The first-order valence-corrected chi connectivity index (χ1v) is 11.6. The molecule has 2 atom stereocenters. The van der Waals surface area contributed by atoms with Gasteiger partial charge in [0.15, 0.2) is 15.0 Å². The largest absolute Gasteiger partial charge is 0.462 e. The summed E-state index contributed by atoms with van der Waals surface area (Å²) in [6.45, 7) is 5.08. The number of esters is 1. The molecular weight excluding hydrogens is 372 g/mol. The molecule has 2 aliphatic rings. The lowest BCUT2D eigenvalue weighted by molar-refractivity contribution is 0.0526. The molecule has 1 saturated heterocycles. The maximum atomic E-state index is 11.8. The Labute approximate surface area is 158 Å². The van der Waals surface area contributed by atoms with Crippen molar-refractivity contribution in [3.05, 3.63) is 29.8 Å². The van der Waals surface area contributed by atoms with Gasteiger partial charge in [-0.1, -0.05) is 25.1 Å². The predicted octanol–water partition coefficient (Wildman–Crippen LogP) is 2.74. The van der Waals surface area contributed by atoms with Gasteiger partial charge in [0.1, 0.15) is 0 Å². The second kappa shape index (κ2) is 8.00. The third-order valence-corrected chi connectivity index (χ3v) is 7.71. The number of unbranched alkanes of at least 4 members (excludes halogenated alkanes) is 1. The van der Waals surface area contributed by atoms with Crippen molar-refractivity contribution >= 4 is 38.4 Å². The highest BCUT2D eigenvalue weighted by Gasteiger charge is 2.43. The summed E-state index contributed by atoms with van der Waals surface area (Å²) in [5.74, 6) is 0.0301. The van der Waals surface area contributed by atoms with Crippen LogP contribution in [0.5, 0.6) is 0 Å². The van der Waals surface area contributed by atoms with E-state index in [0.29, 0.717) is 12.2 Å². The van der Waals surface area contributed by atoms with Crippen molar-refractivity contribution in [2.24, 2.45) is 4.99 Å². The monoisotopic (exact) mass is 396 g/mol. The lowest BCUT2D eigenvalue weighted by atomic mass is 10.2. The first-order chi connectivity index (χ1) is 12.4. The number of sulfone groups is 1. The van der Waals surface area contributed by atoms with E-state index in [-0.39, 0.29) is 28.8 Å². The zero-order valence-electron chi connectivity index (χ0n) is 15.1. The summed E-state index contributed by atoms with van der Waals surface area (Å²) in [4.78, 5) is 18.7. The summed E-state index contributed by atoms with van der Waals surface area (Å²) in [7, 11) is -2.95. The van der Waals surface area contributed by atoms with E-state index in [9.17, 15) is 13.2 Å².